The van der Waals surface area contributed by atoms with Crippen LogP contribution in [0.25, 0.3) is 0 Å². The van der Waals surface area contributed by atoms with Gasteiger partial charge in [-0.1, -0.05) is 0 Å². The summed E-state index contributed by atoms with van der Waals surface area (Å²) in [4.78, 5) is 14.3. The molecule has 4 nitrogen and oxygen atoms in total. The van der Waals surface area contributed by atoms with Crippen LogP contribution in [0.15, 0.2) is 0 Å². The van der Waals surface area contributed by atoms with E-state index >= 15 is 0 Å². The average Bonchev–Trinajstić information content (AvgIpc) is 2.87. The summed E-state index contributed by atoms with van der Waals surface area (Å²) in [5.74, 6) is 0.620. The normalized spacial score (nSPS) is 34.0. The van der Waals surface area contributed by atoms with Crippen LogP contribution >= 0.6 is 0 Å². The molecule has 1 aliphatic heterocycles. The van der Waals surface area contributed by atoms with E-state index in [0.29, 0.717) is 11.9 Å². The molecule has 0 radical (unpaired) electrons. The first-order valence-corrected chi connectivity index (χ1v) is 6.73. The van der Waals surface area contributed by atoms with Gasteiger partial charge in [-0.15, -0.1) is 0 Å². The third-order valence-electron chi connectivity index (χ3n) is 4.27. The van der Waals surface area contributed by atoms with E-state index < -0.39 is 0 Å². The van der Waals surface area contributed by atoms with Gasteiger partial charge in [-0.05, 0) is 39.2 Å². The molecule has 2 rings (SSSR count). The largest absolute Gasteiger partial charge is 0.380 e. The van der Waals surface area contributed by atoms with Crippen LogP contribution in [0.2, 0.25) is 0 Å². The number of carbonyl (C=O) groups is 1. The van der Waals surface area contributed by atoms with Crippen molar-refractivity contribution in [2.75, 3.05) is 27.2 Å². The van der Waals surface area contributed by atoms with E-state index in [9.17, 15) is 4.79 Å². The van der Waals surface area contributed by atoms with Crippen LogP contribution in [-0.2, 0) is 9.53 Å². The molecule has 0 spiro atoms. The minimum absolute atomic E-state index is 0.257. The highest BCUT2D eigenvalue weighted by Crippen LogP contribution is 2.27. The number of hydrogen-bond acceptors (Lipinski definition) is 3. The van der Waals surface area contributed by atoms with E-state index in [1.54, 1.807) is 7.11 Å². The van der Waals surface area contributed by atoms with Gasteiger partial charge < -0.3 is 15.0 Å². The Kier molecular flexibility index (Phi) is 4.40. The Labute approximate surface area is 104 Å². The first-order valence-electron chi connectivity index (χ1n) is 6.73. The van der Waals surface area contributed by atoms with E-state index in [2.05, 4.69) is 5.32 Å². The molecule has 1 saturated carbocycles. The highest BCUT2D eigenvalue weighted by molar-refractivity contribution is 5.79. The van der Waals surface area contributed by atoms with Gasteiger partial charge in [0.25, 0.3) is 0 Å². The summed E-state index contributed by atoms with van der Waals surface area (Å²) in [7, 11) is 3.74. The van der Waals surface area contributed by atoms with Crippen molar-refractivity contribution in [3.05, 3.63) is 0 Å². The van der Waals surface area contributed by atoms with Crippen molar-refractivity contribution in [3.8, 4) is 0 Å². The van der Waals surface area contributed by atoms with Crippen LogP contribution in [0.1, 0.15) is 32.1 Å². The fourth-order valence-electron chi connectivity index (χ4n) is 3.01. The summed E-state index contributed by atoms with van der Waals surface area (Å²) in [6.45, 7) is 1.67. The zero-order valence-electron chi connectivity index (χ0n) is 10.9. The number of likely N-dealkylation sites (tertiary alicyclic amines) is 1. The second-order valence-electron chi connectivity index (χ2n) is 5.27. The summed E-state index contributed by atoms with van der Waals surface area (Å²) in [5, 5.41) is 3.30. The molecule has 0 aromatic carbocycles. The minimum atomic E-state index is 0.257. The molecule has 1 N–H and O–H groups in total. The van der Waals surface area contributed by atoms with Gasteiger partial charge >= 0.3 is 0 Å². The lowest BCUT2D eigenvalue weighted by atomic mass is 9.85. The molecule has 1 amide bonds. The third-order valence-corrected chi connectivity index (χ3v) is 4.27. The predicted molar refractivity (Wildman–Crippen MR) is 66.8 cm³/mol. The van der Waals surface area contributed by atoms with Crippen LogP contribution in [-0.4, -0.2) is 50.2 Å². The topological polar surface area (TPSA) is 41.6 Å². The Bertz CT molecular complexity index is 262. The molecule has 0 aromatic rings. The number of carbonyl (C=O) groups excluding carboxylic acids is 1. The molecule has 2 aliphatic rings. The quantitative estimate of drug-likeness (QED) is 0.800. The van der Waals surface area contributed by atoms with Gasteiger partial charge in [-0.2, -0.15) is 0 Å². The van der Waals surface area contributed by atoms with Crippen molar-refractivity contribution in [1.82, 2.24) is 10.2 Å². The van der Waals surface area contributed by atoms with E-state index in [4.69, 9.17) is 4.74 Å². The number of methoxy groups -OCH3 is 1. The zero-order valence-corrected chi connectivity index (χ0v) is 10.9. The van der Waals surface area contributed by atoms with Crippen molar-refractivity contribution >= 4 is 5.91 Å². The molecular weight excluding hydrogens is 216 g/mol. The molecule has 1 saturated heterocycles. The number of nitrogens with zero attached hydrogens (tertiary/aromatic N) is 1. The number of amides is 1. The van der Waals surface area contributed by atoms with E-state index in [1.165, 1.54) is 0 Å². The highest BCUT2D eigenvalue weighted by atomic mass is 16.5. The number of rotatable bonds is 3. The van der Waals surface area contributed by atoms with Gasteiger partial charge in [0.2, 0.25) is 5.91 Å². The molecule has 1 atom stereocenters. The molecular formula is C13H24N2O2. The maximum absolute atomic E-state index is 12.3. The molecule has 17 heavy (non-hydrogen) atoms. The molecule has 4 heteroatoms. The van der Waals surface area contributed by atoms with Gasteiger partial charge in [0.1, 0.15) is 0 Å². The van der Waals surface area contributed by atoms with Gasteiger partial charge in [0, 0.05) is 32.2 Å². The maximum atomic E-state index is 12.3. The molecule has 1 heterocycles. The zero-order chi connectivity index (χ0) is 12.3. The van der Waals surface area contributed by atoms with Crippen LogP contribution in [0, 0.1) is 5.92 Å². The maximum Gasteiger partial charge on any atom is 0.225 e. The van der Waals surface area contributed by atoms with Crippen LogP contribution in [0.5, 0.6) is 0 Å². The van der Waals surface area contributed by atoms with Gasteiger partial charge in [-0.25, -0.2) is 0 Å². The van der Waals surface area contributed by atoms with Crippen molar-refractivity contribution < 1.29 is 9.53 Å². The Morgan fingerprint density at radius 2 is 1.94 bits per heavy atom. The summed E-state index contributed by atoms with van der Waals surface area (Å²) < 4.78 is 5.31. The smallest absolute Gasteiger partial charge is 0.225 e. The fourth-order valence-corrected chi connectivity index (χ4v) is 3.01. The monoisotopic (exact) mass is 240 g/mol. The number of hydrogen-bond donors (Lipinski definition) is 1. The number of nitrogens with one attached hydrogen (secondary N) is 1. The SMILES string of the molecule is CNC1CCC(C(=O)N2CCC(OC)C2)CC1. The van der Waals surface area contributed by atoms with E-state index in [0.717, 1.165) is 45.2 Å². The van der Waals surface area contributed by atoms with Gasteiger partial charge in [-0.3, -0.25) is 4.79 Å². The van der Waals surface area contributed by atoms with E-state index in [1.807, 2.05) is 11.9 Å². The molecule has 0 aromatic heterocycles. The first kappa shape index (κ1) is 12.8. The molecule has 1 aliphatic carbocycles. The Hall–Kier alpha value is -0.610. The molecule has 2 fully saturated rings. The first-order chi connectivity index (χ1) is 8.24. The lowest BCUT2D eigenvalue weighted by Gasteiger charge is -2.30. The third kappa shape index (κ3) is 2.99. The average molecular weight is 240 g/mol. The highest BCUT2D eigenvalue weighted by Gasteiger charge is 2.32. The Morgan fingerprint density at radius 3 is 2.47 bits per heavy atom. The predicted octanol–water partition coefficient (Wildman–Crippen LogP) is 1.01. The van der Waals surface area contributed by atoms with Crippen molar-refractivity contribution in [2.45, 2.75) is 44.2 Å². The second kappa shape index (κ2) is 5.83. The standard InChI is InChI=1S/C13H24N2O2/c1-14-11-5-3-10(4-6-11)13(16)15-8-7-12(9-15)17-2/h10-12,14H,3-9H2,1-2H3. The summed E-state index contributed by atoms with van der Waals surface area (Å²) in [5.41, 5.74) is 0. The lowest BCUT2D eigenvalue weighted by Crippen LogP contribution is -2.39. The van der Waals surface area contributed by atoms with Crippen molar-refractivity contribution in [1.29, 1.82) is 0 Å². The summed E-state index contributed by atoms with van der Waals surface area (Å²) in [6, 6.07) is 0.615. The summed E-state index contributed by atoms with van der Waals surface area (Å²) in [6.07, 6.45) is 5.60. The van der Waals surface area contributed by atoms with Gasteiger partial charge in [0.05, 0.1) is 6.10 Å². The molecule has 1 unspecified atom stereocenters. The molecule has 98 valence electrons. The second-order valence-corrected chi connectivity index (χ2v) is 5.27. The van der Waals surface area contributed by atoms with Crippen LogP contribution < -0.4 is 5.32 Å². The Balaban J connectivity index is 1.81. The Morgan fingerprint density at radius 1 is 1.24 bits per heavy atom. The van der Waals surface area contributed by atoms with E-state index in [-0.39, 0.29) is 12.0 Å². The fraction of sp³-hybridized carbons (Fsp3) is 0.923. The van der Waals surface area contributed by atoms with Crippen LogP contribution in [0.3, 0.4) is 0 Å². The van der Waals surface area contributed by atoms with Crippen molar-refractivity contribution in [2.24, 2.45) is 5.92 Å². The molecule has 0 bridgehead atoms. The lowest BCUT2D eigenvalue weighted by molar-refractivity contribution is -0.136. The van der Waals surface area contributed by atoms with Crippen LogP contribution in [0.4, 0.5) is 0 Å². The van der Waals surface area contributed by atoms with Crippen molar-refractivity contribution in [3.63, 3.8) is 0 Å². The van der Waals surface area contributed by atoms with Gasteiger partial charge in [0.15, 0.2) is 0 Å². The summed E-state index contributed by atoms with van der Waals surface area (Å²) >= 11 is 0. The minimum Gasteiger partial charge on any atom is -0.380 e. The number of ether oxygens (including phenoxy) is 1.